The van der Waals surface area contributed by atoms with Crippen LogP contribution in [0, 0.1) is 0 Å². The summed E-state index contributed by atoms with van der Waals surface area (Å²) in [5.41, 5.74) is 0.579. The second kappa shape index (κ2) is 8.41. The Morgan fingerprint density at radius 3 is 2.52 bits per heavy atom. The lowest BCUT2D eigenvalue weighted by Gasteiger charge is -2.15. The van der Waals surface area contributed by atoms with Gasteiger partial charge in [-0.1, -0.05) is 18.2 Å². The predicted molar refractivity (Wildman–Crippen MR) is 94.1 cm³/mol. The highest BCUT2D eigenvalue weighted by Gasteiger charge is 2.30. The first-order valence-corrected chi connectivity index (χ1v) is 8.95. The molecule has 27 heavy (non-hydrogen) atoms. The highest BCUT2D eigenvalue weighted by Crippen LogP contribution is 2.29. The van der Waals surface area contributed by atoms with Gasteiger partial charge in [0.2, 0.25) is 11.8 Å². The molecular weight excluding hydrogens is 357 g/mol. The number of hydrogen-bond acceptors (Lipinski definition) is 3. The Morgan fingerprint density at radius 2 is 1.85 bits per heavy atom. The Morgan fingerprint density at radius 1 is 1.15 bits per heavy atom. The molecule has 144 valence electrons. The van der Waals surface area contributed by atoms with Crippen molar-refractivity contribution in [1.82, 2.24) is 10.3 Å². The van der Waals surface area contributed by atoms with Gasteiger partial charge in [0.15, 0.2) is 0 Å². The Bertz CT molecular complexity index is 770. The summed E-state index contributed by atoms with van der Waals surface area (Å²) in [6.07, 6.45) is 1.77. The third-order valence-electron chi connectivity index (χ3n) is 4.55. The molecule has 1 aromatic heterocycles. The molecule has 1 N–H and O–H groups in total. The van der Waals surface area contributed by atoms with Gasteiger partial charge in [-0.2, -0.15) is 13.2 Å². The minimum Gasteiger partial charge on any atom is -0.474 e. The molecule has 0 atom stereocenters. The second-order valence-corrected chi connectivity index (χ2v) is 6.64. The van der Waals surface area contributed by atoms with Crippen molar-refractivity contribution in [2.45, 2.75) is 50.9 Å². The van der Waals surface area contributed by atoms with E-state index in [1.54, 1.807) is 12.3 Å². The summed E-state index contributed by atoms with van der Waals surface area (Å²) in [4.78, 5) is 16.4. The monoisotopic (exact) mass is 378 g/mol. The minimum absolute atomic E-state index is 0.0111. The zero-order valence-corrected chi connectivity index (χ0v) is 14.8. The lowest BCUT2D eigenvalue weighted by Crippen LogP contribution is -2.25. The van der Waals surface area contributed by atoms with Crippen molar-refractivity contribution in [3.8, 4) is 5.88 Å². The van der Waals surface area contributed by atoms with E-state index in [4.69, 9.17) is 4.74 Å². The largest absolute Gasteiger partial charge is 0.474 e. The minimum atomic E-state index is -4.38. The van der Waals surface area contributed by atoms with E-state index in [0.717, 1.165) is 43.4 Å². The van der Waals surface area contributed by atoms with Gasteiger partial charge >= 0.3 is 6.18 Å². The van der Waals surface area contributed by atoms with Crippen LogP contribution in [0.15, 0.2) is 42.6 Å². The summed E-state index contributed by atoms with van der Waals surface area (Å²) >= 11 is 0. The van der Waals surface area contributed by atoms with Gasteiger partial charge in [-0.05, 0) is 49.4 Å². The van der Waals surface area contributed by atoms with Gasteiger partial charge in [-0.3, -0.25) is 4.79 Å². The highest BCUT2D eigenvalue weighted by molar-refractivity contribution is 5.78. The molecular formula is C20H21F3N2O2. The van der Waals surface area contributed by atoms with Crippen molar-refractivity contribution in [2.24, 2.45) is 0 Å². The van der Waals surface area contributed by atoms with Crippen LogP contribution in [0.4, 0.5) is 13.2 Å². The number of hydrogen-bond donors (Lipinski definition) is 1. The third kappa shape index (κ3) is 5.45. The number of halogens is 3. The van der Waals surface area contributed by atoms with Crippen LogP contribution in [-0.4, -0.2) is 17.0 Å². The van der Waals surface area contributed by atoms with Gasteiger partial charge in [-0.15, -0.1) is 0 Å². The fraction of sp³-hybridized carbons (Fsp3) is 0.400. The molecule has 1 saturated carbocycles. The molecule has 0 aliphatic heterocycles. The van der Waals surface area contributed by atoms with Gasteiger partial charge in [0.05, 0.1) is 12.0 Å². The summed E-state index contributed by atoms with van der Waals surface area (Å²) in [6.45, 7) is 0.259. The number of nitrogens with zero attached hydrogens (tertiary/aromatic N) is 1. The van der Waals surface area contributed by atoms with E-state index in [2.05, 4.69) is 10.3 Å². The first-order valence-electron chi connectivity index (χ1n) is 8.95. The second-order valence-electron chi connectivity index (χ2n) is 6.64. The number of nitrogens with one attached hydrogen (secondary N) is 1. The number of ether oxygens (including phenoxy) is 1. The lowest BCUT2D eigenvalue weighted by atomic mass is 10.1. The number of pyridine rings is 1. The smallest absolute Gasteiger partial charge is 0.416 e. The summed E-state index contributed by atoms with van der Waals surface area (Å²) in [7, 11) is 0. The first kappa shape index (κ1) is 19.2. The molecule has 2 aromatic rings. The molecule has 1 aromatic carbocycles. The number of alkyl halides is 3. The zero-order chi connectivity index (χ0) is 19.3. The molecule has 0 radical (unpaired) electrons. The zero-order valence-electron chi connectivity index (χ0n) is 14.8. The number of carbonyl (C=O) groups is 1. The van der Waals surface area contributed by atoms with Crippen LogP contribution in [-0.2, 0) is 23.9 Å². The van der Waals surface area contributed by atoms with E-state index in [1.165, 1.54) is 12.1 Å². The molecule has 0 spiro atoms. The highest BCUT2D eigenvalue weighted by atomic mass is 19.4. The maximum absolute atomic E-state index is 12.6. The Labute approximate surface area is 155 Å². The maximum Gasteiger partial charge on any atom is 0.416 e. The fourth-order valence-corrected chi connectivity index (χ4v) is 3.08. The van der Waals surface area contributed by atoms with E-state index in [9.17, 15) is 18.0 Å². The van der Waals surface area contributed by atoms with Gasteiger partial charge in [-0.25, -0.2) is 4.98 Å². The van der Waals surface area contributed by atoms with Crippen LogP contribution < -0.4 is 10.1 Å². The van der Waals surface area contributed by atoms with Gasteiger partial charge in [0.25, 0.3) is 0 Å². The van der Waals surface area contributed by atoms with Gasteiger partial charge < -0.3 is 10.1 Å². The average Bonchev–Trinajstić information content (AvgIpc) is 3.14. The molecule has 1 fully saturated rings. The molecule has 1 aliphatic carbocycles. The van der Waals surface area contributed by atoms with E-state index >= 15 is 0 Å². The number of rotatable bonds is 6. The van der Waals surface area contributed by atoms with Crippen LogP contribution in [0.5, 0.6) is 5.88 Å². The van der Waals surface area contributed by atoms with E-state index in [0.29, 0.717) is 11.4 Å². The predicted octanol–water partition coefficient (Wildman–Crippen LogP) is 4.28. The van der Waals surface area contributed by atoms with Crippen molar-refractivity contribution in [2.75, 3.05) is 0 Å². The fourth-order valence-electron chi connectivity index (χ4n) is 3.08. The summed E-state index contributed by atoms with van der Waals surface area (Å²) in [5, 5.41) is 2.78. The van der Waals surface area contributed by atoms with Crippen LogP contribution in [0.3, 0.4) is 0 Å². The molecule has 0 saturated heterocycles. The van der Waals surface area contributed by atoms with E-state index in [-0.39, 0.29) is 25.0 Å². The van der Waals surface area contributed by atoms with Crippen LogP contribution in [0.25, 0.3) is 0 Å². The van der Waals surface area contributed by atoms with Crippen LogP contribution in [0.1, 0.15) is 42.4 Å². The van der Waals surface area contributed by atoms with Crippen LogP contribution in [0.2, 0.25) is 0 Å². The summed E-state index contributed by atoms with van der Waals surface area (Å²) < 4.78 is 43.7. The van der Waals surface area contributed by atoms with E-state index in [1.807, 2.05) is 6.07 Å². The Hall–Kier alpha value is -2.57. The van der Waals surface area contributed by atoms with Crippen molar-refractivity contribution < 1.29 is 22.7 Å². The van der Waals surface area contributed by atoms with Crippen molar-refractivity contribution >= 4 is 5.91 Å². The quantitative estimate of drug-likeness (QED) is 0.816. The summed E-state index contributed by atoms with van der Waals surface area (Å²) in [5.74, 6) is 0.254. The molecule has 1 amide bonds. The molecule has 1 heterocycles. The molecule has 3 rings (SSSR count). The maximum atomic E-state index is 12.6. The molecule has 0 unspecified atom stereocenters. The third-order valence-corrected chi connectivity index (χ3v) is 4.55. The number of aromatic nitrogens is 1. The number of amides is 1. The lowest BCUT2D eigenvalue weighted by molar-refractivity contribution is -0.137. The van der Waals surface area contributed by atoms with E-state index < -0.39 is 11.7 Å². The normalized spacial score (nSPS) is 14.9. The number of carbonyl (C=O) groups excluding carboxylic acids is 1. The van der Waals surface area contributed by atoms with Gasteiger partial charge in [0, 0.05) is 18.3 Å². The Kier molecular flexibility index (Phi) is 5.98. The van der Waals surface area contributed by atoms with Crippen molar-refractivity contribution in [3.05, 3.63) is 59.3 Å². The molecule has 1 aliphatic rings. The summed E-state index contributed by atoms with van der Waals surface area (Å²) in [6, 6.07) is 8.23. The first-order chi connectivity index (χ1) is 12.9. The van der Waals surface area contributed by atoms with Crippen molar-refractivity contribution in [1.29, 1.82) is 0 Å². The topological polar surface area (TPSA) is 51.2 Å². The standard InChI is InChI=1S/C20H21F3N2O2/c21-20(22,23)16-9-7-14(8-10-16)12-18(26)25-13-15-4-3-11-24-19(15)27-17-5-1-2-6-17/h3-4,7-11,17H,1-2,5-6,12-13H2,(H,25,26). The molecule has 7 heteroatoms. The van der Waals surface area contributed by atoms with Crippen molar-refractivity contribution in [3.63, 3.8) is 0 Å². The van der Waals surface area contributed by atoms with Gasteiger partial charge in [0.1, 0.15) is 6.10 Å². The number of benzene rings is 1. The van der Waals surface area contributed by atoms with Crippen LogP contribution >= 0.6 is 0 Å². The average molecular weight is 378 g/mol. The molecule has 0 bridgehead atoms. The Balaban J connectivity index is 1.55. The SMILES string of the molecule is O=C(Cc1ccc(C(F)(F)F)cc1)NCc1cccnc1OC1CCCC1. The molecule has 4 nitrogen and oxygen atoms in total.